The van der Waals surface area contributed by atoms with Gasteiger partial charge in [-0.15, -0.1) is 0 Å². The number of hydrogen-bond donors (Lipinski definition) is 2. The van der Waals surface area contributed by atoms with Gasteiger partial charge in [0.05, 0.1) is 12.7 Å². The minimum Gasteiger partial charge on any atom is -0.454 e. The Kier molecular flexibility index (Phi) is 2.60. The molecule has 1 aliphatic heterocycles. The zero-order valence-electron chi connectivity index (χ0n) is 9.47. The molecule has 1 amide bonds. The molecule has 0 saturated carbocycles. The van der Waals surface area contributed by atoms with Crippen molar-refractivity contribution in [2.45, 2.75) is 6.42 Å². The van der Waals surface area contributed by atoms with Gasteiger partial charge in [0.1, 0.15) is 0 Å². The van der Waals surface area contributed by atoms with Crippen LogP contribution in [0.2, 0.25) is 0 Å². The van der Waals surface area contributed by atoms with Crippen molar-refractivity contribution in [2.75, 3.05) is 12.1 Å². The van der Waals surface area contributed by atoms with Crippen LogP contribution in [0.1, 0.15) is 5.69 Å². The van der Waals surface area contributed by atoms with Crippen molar-refractivity contribution in [3.05, 3.63) is 36.4 Å². The maximum atomic E-state index is 11.7. The van der Waals surface area contributed by atoms with E-state index in [1.165, 1.54) is 0 Å². The Morgan fingerprint density at radius 3 is 3.11 bits per heavy atom. The van der Waals surface area contributed by atoms with Crippen molar-refractivity contribution < 1.29 is 14.3 Å². The SMILES string of the molecule is O=C(Cc1cnc[nH]1)Nc1ccc2c(c1)OCO2. The largest absolute Gasteiger partial charge is 0.454 e. The van der Waals surface area contributed by atoms with Gasteiger partial charge in [0.25, 0.3) is 0 Å². The summed E-state index contributed by atoms with van der Waals surface area (Å²) in [5, 5.41) is 2.79. The van der Waals surface area contributed by atoms with E-state index in [-0.39, 0.29) is 19.1 Å². The van der Waals surface area contributed by atoms with E-state index in [1.54, 1.807) is 30.7 Å². The molecule has 0 fully saturated rings. The highest BCUT2D eigenvalue weighted by molar-refractivity contribution is 5.92. The van der Waals surface area contributed by atoms with E-state index in [4.69, 9.17) is 9.47 Å². The molecule has 0 aliphatic carbocycles. The zero-order chi connectivity index (χ0) is 12.4. The van der Waals surface area contributed by atoms with Crippen LogP contribution in [0.5, 0.6) is 11.5 Å². The van der Waals surface area contributed by atoms with E-state index < -0.39 is 0 Å². The Morgan fingerprint density at radius 1 is 1.39 bits per heavy atom. The number of rotatable bonds is 3. The van der Waals surface area contributed by atoms with Crippen LogP contribution >= 0.6 is 0 Å². The Labute approximate surface area is 103 Å². The van der Waals surface area contributed by atoms with Crippen molar-refractivity contribution >= 4 is 11.6 Å². The van der Waals surface area contributed by atoms with Gasteiger partial charge in [-0.1, -0.05) is 0 Å². The summed E-state index contributed by atoms with van der Waals surface area (Å²) in [6.45, 7) is 0.223. The van der Waals surface area contributed by atoms with Gasteiger partial charge in [-0.25, -0.2) is 4.98 Å². The van der Waals surface area contributed by atoms with Crippen molar-refractivity contribution in [3.8, 4) is 11.5 Å². The number of imidazole rings is 1. The predicted molar refractivity (Wildman–Crippen MR) is 63.5 cm³/mol. The van der Waals surface area contributed by atoms with E-state index in [1.807, 2.05) is 0 Å². The fraction of sp³-hybridized carbons (Fsp3) is 0.167. The second-order valence-electron chi connectivity index (χ2n) is 3.87. The number of aromatic nitrogens is 2. The van der Waals surface area contributed by atoms with Crippen molar-refractivity contribution in [1.29, 1.82) is 0 Å². The second kappa shape index (κ2) is 4.40. The van der Waals surface area contributed by atoms with Gasteiger partial charge in [-0.05, 0) is 12.1 Å². The second-order valence-corrected chi connectivity index (χ2v) is 3.87. The molecule has 0 saturated heterocycles. The van der Waals surface area contributed by atoms with Crippen LogP contribution in [0.4, 0.5) is 5.69 Å². The summed E-state index contributed by atoms with van der Waals surface area (Å²) < 4.78 is 10.4. The number of ether oxygens (including phenoxy) is 2. The number of carbonyl (C=O) groups is 1. The number of carbonyl (C=O) groups excluding carboxylic acids is 1. The molecule has 1 aliphatic rings. The Bertz CT molecular complexity index is 566. The molecule has 2 aromatic rings. The van der Waals surface area contributed by atoms with Crippen LogP contribution in [-0.2, 0) is 11.2 Å². The number of nitrogens with zero attached hydrogens (tertiary/aromatic N) is 1. The summed E-state index contributed by atoms with van der Waals surface area (Å²) in [4.78, 5) is 18.5. The first-order chi connectivity index (χ1) is 8.81. The minimum absolute atomic E-state index is 0.113. The molecule has 0 spiro atoms. The predicted octanol–water partition coefficient (Wildman–Crippen LogP) is 1.32. The molecular weight excluding hydrogens is 234 g/mol. The standard InChI is InChI=1S/C12H11N3O3/c16-12(4-9-5-13-6-14-9)15-8-1-2-10-11(3-8)18-7-17-10/h1-3,5-6H,4,7H2,(H,13,14)(H,15,16). The molecule has 0 radical (unpaired) electrons. The molecule has 1 aromatic carbocycles. The zero-order valence-corrected chi connectivity index (χ0v) is 9.47. The summed E-state index contributed by atoms with van der Waals surface area (Å²) in [5.41, 5.74) is 1.46. The Morgan fingerprint density at radius 2 is 2.28 bits per heavy atom. The number of amides is 1. The maximum absolute atomic E-state index is 11.7. The number of fused-ring (bicyclic) bond motifs is 1. The lowest BCUT2D eigenvalue weighted by Crippen LogP contribution is -2.14. The van der Waals surface area contributed by atoms with E-state index in [0.29, 0.717) is 17.2 Å². The lowest BCUT2D eigenvalue weighted by Gasteiger charge is -2.05. The number of H-pyrrole nitrogens is 1. The van der Waals surface area contributed by atoms with Gasteiger partial charge >= 0.3 is 0 Å². The molecule has 6 heteroatoms. The van der Waals surface area contributed by atoms with E-state index in [0.717, 1.165) is 5.69 Å². The van der Waals surface area contributed by atoms with Crippen LogP contribution < -0.4 is 14.8 Å². The highest BCUT2D eigenvalue weighted by Gasteiger charge is 2.14. The summed E-state index contributed by atoms with van der Waals surface area (Å²) in [6.07, 6.45) is 3.43. The first-order valence-electron chi connectivity index (χ1n) is 5.48. The molecule has 3 rings (SSSR count). The molecule has 2 N–H and O–H groups in total. The summed E-state index contributed by atoms with van der Waals surface area (Å²) in [6, 6.07) is 5.29. The monoisotopic (exact) mass is 245 g/mol. The molecule has 2 heterocycles. The first kappa shape index (κ1) is 10.6. The molecule has 1 aromatic heterocycles. The van der Waals surface area contributed by atoms with Crippen LogP contribution in [0.15, 0.2) is 30.7 Å². The van der Waals surface area contributed by atoms with Crippen molar-refractivity contribution in [1.82, 2.24) is 9.97 Å². The first-order valence-corrected chi connectivity index (χ1v) is 5.48. The van der Waals surface area contributed by atoms with Gasteiger partial charge in [0.15, 0.2) is 11.5 Å². The van der Waals surface area contributed by atoms with Crippen molar-refractivity contribution in [2.24, 2.45) is 0 Å². The highest BCUT2D eigenvalue weighted by atomic mass is 16.7. The lowest BCUT2D eigenvalue weighted by atomic mass is 10.2. The van der Waals surface area contributed by atoms with Crippen LogP contribution in [-0.4, -0.2) is 22.7 Å². The third kappa shape index (κ3) is 2.13. The van der Waals surface area contributed by atoms with Crippen LogP contribution in [0.25, 0.3) is 0 Å². The quantitative estimate of drug-likeness (QED) is 0.855. The number of hydrogen-bond acceptors (Lipinski definition) is 4. The molecule has 0 unspecified atom stereocenters. The molecule has 6 nitrogen and oxygen atoms in total. The van der Waals surface area contributed by atoms with E-state index in [9.17, 15) is 4.79 Å². The van der Waals surface area contributed by atoms with Gasteiger partial charge in [0.2, 0.25) is 12.7 Å². The Hall–Kier alpha value is -2.50. The number of anilines is 1. The van der Waals surface area contributed by atoms with Gasteiger partial charge in [-0.2, -0.15) is 0 Å². The van der Waals surface area contributed by atoms with E-state index in [2.05, 4.69) is 15.3 Å². The smallest absolute Gasteiger partial charge is 0.231 e. The average Bonchev–Trinajstić information content (AvgIpc) is 2.98. The topological polar surface area (TPSA) is 76.2 Å². The number of aromatic amines is 1. The molecular formula is C12H11N3O3. The minimum atomic E-state index is -0.113. The normalized spacial score (nSPS) is 12.4. The third-order valence-corrected chi connectivity index (χ3v) is 2.56. The van der Waals surface area contributed by atoms with Crippen molar-refractivity contribution in [3.63, 3.8) is 0 Å². The lowest BCUT2D eigenvalue weighted by molar-refractivity contribution is -0.115. The summed E-state index contributed by atoms with van der Waals surface area (Å²) in [5.74, 6) is 1.23. The summed E-state index contributed by atoms with van der Waals surface area (Å²) in [7, 11) is 0. The molecule has 18 heavy (non-hydrogen) atoms. The molecule has 0 atom stereocenters. The summed E-state index contributed by atoms with van der Waals surface area (Å²) >= 11 is 0. The third-order valence-electron chi connectivity index (χ3n) is 2.56. The number of benzene rings is 1. The van der Waals surface area contributed by atoms with Gasteiger partial charge in [0, 0.05) is 23.6 Å². The fourth-order valence-electron chi connectivity index (χ4n) is 1.73. The average molecular weight is 245 g/mol. The van der Waals surface area contributed by atoms with E-state index >= 15 is 0 Å². The van der Waals surface area contributed by atoms with Crippen LogP contribution in [0.3, 0.4) is 0 Å². The van der Waals surface area contributed by atoms with Gasteiger partial charge in [-0.3, -0.25) is 4.79 Å². The van der Waals surface area contributed by atoms with Crippen LogP contribution in [0, 0.1) is 0 Å². The fourth-order valence-corrected chi connectivity index (χ4v) is 1.73. The Balaban J connectivity index is 1.67. The molecule has 0 bridgehead atoms. The van der Waals surface area contributed by atoms with Gasteiger partial charge < -0.3 is 19.8 Å². The molecule has 92 valence electrons. The maximum Gasteiger partial charge on any atom is 0.231 e. The number of nitrogens with one attached hydrogen (secondary N) is 2. The highest BCUT2D eigenvalue weighted by Crippen LogP contribution is 2.34.